The van der Waals surface area contributed by atoms with Crippen LogP contribution in [0.5, 0.6) is 0 Å². The van der Waals surface area contributed by atoms with Gasteiger partial charge in [-0.1, -0.05) is 71.1 Å². The van der Waals surface area contributed by atoms with Crippen molar-refractivity contribution >= 4 is 38.7 Å². The highest BCUT2D eigenvalue weighted by molar-refractivity contribution is 7.09. The van der Waals surface area contributed by atoms with Crippen molar-refractivity contribution in [3.8, 4) is 0 Å². The van der Waals surface area contributed by atoms with E-state index >= 15 is 0 Å². The fourth-order valence-corrected chi connectivity index (χ4v) is 11.8. The SMILES string of the molecule is COC1C(=O)[C@H](C)C[C@H](C)/C=C/C=C/C=C(\C)C(OP)C[C@@H]2CC[C@@H](C)[C@@](O)(O2)C(=O)C(=O)N2CCCC[C@H]2C(=O)O[C@H]([C@H](C)C[C@@H]2CC[C@@H](OC(C)(C)CCOC(C)(C)CCO)[C@H](OC)C2)CC(=O)[C@H](C)/C=C(\C)[C@H]1O. The smallest absolute Gasteiger partial charge is 0.329 e. The highest BCUT2D eigenvalue weighted by Crippen LogP contribution is 2.39. The molecule has 0 aromatic rings. The third kappa shape index (κ3) is 19.3. The normalized spacial score (nSPS) is 36.5. The van der Waals surface area contributed by atoms with Crippen LogP contribution < -0.4 is 0 Å². The number of nitrogens with zero attached hydrogens (tertiary/aromatic N) is 1. The average molecular weight is 1100 g/mol. The third-order valence-corrected chi connectivity index (χ3v) is 17.0. The van der Waals surface area contributed by atoms with Crippen molar-refractivity contribution in [1.82, 2.24) is 4.90 Å². The summed E-state index contributed by atoms with van der Waals surface area (Å²) in [6.45, 7) is 21.3. The summed E-state index contributed by atoms with van der Waals surface area (Å²) in [4.78, 5) is 72.9. The molecule has 2 saturated heterocycles. The topological polar surface area (TPSA) is 214 Å². The van der Waals surface area contributed by atoms with Crippen molar-refractivity contribution in [2.24, 2.45) is 35.5 Å². The van der Waals surface area contributed by atoms with Crippen molar-refractivity contribution in [1.29, 1.82) is 0 Å². The molecule has 0 radical (unpaired) electrons. The Morgan fingerprint density at radius 2 is 1.57 bits per heavy atom. The van der Waals surface area contributed by atoms with Gasteiger partial charge in [0.2, 0.25) is 5.79 Å². The molecule has 0 aromatic carbocycles. The van der Waals surface area contributed by atoms with E-state index in [1.807, 2.05) is 85.8 Å². The number of ketones is 3. The Balaban J connectivity index is 1.66. The first-order valence-corrected chi connectivity index (χ1v) is 28.9. The number of amides is 1. The minimum absolute atomic E-state index is 0.00637. The number of fused-ring (bicyclic) bond motifs is 3. The summed E-state index contributed by atoms with van der Waals surface area (Å²) < 4.78 is 42.8. The third-order valence-electron chi connectivity index (χ3n) is 16.7. The minimum atomic E-state index is -2.45. The number of esters is 1. The molecule has 0 spiro atoms. The van der Waals surface area contributed by atoms with Crippen LogP contribution in [0.1, 0.15) is 166 Å². The molecule has 438 valence electrons. The Morgan fingerprint density at radius 1 is 0.857 bits per heavy atom. The van der Waals surface area contributed by atoms with Crippen molar-refractivity contribution in [3.63, 3.8) is 0 Å². The molecule has 3 aliphatic heterocycles. The molecule has 1 aliphatic carbocycles. The van der Waals surface area contributed by atoms with Gasteiger partial charge >= 0.3 is 5.97 Å². The molecule has 4 aliphatic rings. The Labute approximate surface area is 463 Å². The van der Waals surface area contributed by atoms with Crippen LogP contribution in [0.4, 0.5) is 0 Å². The molecule has 3 unspecified atom stereocenters. The molecule has 4 rings (SSSR count). The van der Waals surface area contributed by atoms with Gasteiger partial charge in [-0.25, -0.2) is 4.79 Å². The standard InChI is InChI=1S/C60H98NO15P/c1-37-19-15-14-16-20-38(2)50(76-77)35-45-24-22-43(7)60(69,74-45)55(66)56(67)61-28-18-17-21-46(61)57(68)73-49(36-47(63)39(3)32-42(6)53(65)54(71-13)52(64)41(5)31-37)40(4)33-44-23-25-48(51(34-44)70-12)75-59(10,11)27-30-72-58(8,9)26-29-62/h14-16,19-20,32,37,39-41,43-46,48-51,53-54,62,65,69H,17-18,21-31,33-36,77H2,1-13H3/b16-14+,19-15+,38-20+,42-32+/t37-,39-,40-,41-,43-,44+,45+,46+,48-,49+,50?,51-,53-,54?,60-/m1/s1. The zero-order valence-electron chi connectivity index (χ0n) is 48.8. The number of carbonyl (C=O) groups excluding carboxylic acids is 5. The minimum Gasteiger partial charge on any atom is -0.460 e. The number of cyclic esters (lactones) is 1. The molecular weight excluding hydrogens is 1010 g/mol. The van der Waals surface area contributed by atoms with Gasteiger partial charge in [-0.05, 0) is 147 Å². The summed E-state index contributed by atoms with van der Waals surface area (Å²) in [5.74, 6) is -8.07. The van der Waals surface area contributed by atoms with E-state index in [9.17, 15) is 39.3 Å². The van der Waals surface area contributed by atoms with Gasteiger partial charge in [0.25, 0.3) is 11.7 Å². The number of piperidine rings is 1. The van der Waals surface area contributed by atoms with Gasteiger partial charge < -0.3 is 53.2 Å². The van der Waals surface area contributed by atoms with E-state index in [2.05, 4.69) is 9.47 Å². The fraction of sp³-hybridized carbons (Fsp3) is 0.783. The van der Waals surface area contributed by atoms with Gasteiger partial charge in [0.05, 0.1) is 42.2 Å². The molecule has 0 aromatic heterocycles. The Hall–Kier alpha value is -3.02. The van der Waals surface area contributed by atoms with Crippen LogP contribution in [-0.2, 0) is 56.9 Å². The van der Waals surface area contributed by atoms with Crippen LogP contribution in [0.15, 0.2) is 47.6 Å². The summed E-state index contributed by atoms with van der Waals surface area (Å²) in [6.07, 6.45) is 13.0. The second kappa shape index (κ2) is 30.7. The largest absolute Gasteiger partial charge is 0.460 e. The van der Waals surface area contributed by atoms with Crippen LogP contribution in [-0.4, -0.2) is 149 Å². The maximum atomic E-state index is 14.7. The molecule has 3 heterocycles. The highest BCUT2D eigenvalue weighted by Gasteiger charge is 2.53. The molecule has 2 bridgehead atoms. The van der Waals surface area contributed by atoms with E-state index in [1.165, 1.54) is 12.0 Å². The van der Waals surface area contributed by atoms with Gasteiger partial charge in [-0.3, -0.25) is 19.2 Å². The molecule has 1 amide bonds. The molecule has 16 nitrogen and oxygen atoms in total. The van der Waals surface area contributed by atoms with Gasteiger partial charge in [-0.15, -0.1) is 0 Å². The van der Waals surface area contributed by atoms with Crippen molar-refractivity contribution < 1.29 is 72.2 Å². The lowest BCUT2D eigenvalue weighted by Crippen LogP contribution is -2.61. The van der Waals surface area contributed by atoms with Gasteiger partial charge in [0.15, 0.2) is 5.78 Å². The molecular formula is C60H98NO15P. The maximum absolute atomic E-state index is 14.7. The number of Topliss-reactive ketones (excluding diaryl/α,β-unsaturated/α-hetero) is 3. The van der Waals surface area contributed by atoms with E-state index in [-0.39, 0.29) is 73.9 Å². The molecule has 3 fully saturated rings. The van der Waals surface area contributed by atoms with E-state index in [0.717, 1.165) is 12.0 Å². The predicted octanol–water partition coefficient (Wildman–Crippen LogP) is 8.71. The van der Waals surface area contributed by atoms with Crippen molar-refractivity contribution in [2.45, 2.75) is 232 Å². The number of aliphatic hydroxyl groups is 3. The molecule has 1 saturated carbocycles. The lowest BCUT2D eigenvalue weighted by Gasteiger charge is -2.43. The number of carbonyl (C=O) groups is 5. The van der Waals surface area contributed by atoms with E-state index in [0.29, 0.717) is 76.4 Å². The Bertz CT molecular complexity index is 2070. The first kappa shape index (κ1) is 66.5. The number of methoxy groups -OCH3 is 2. The lowest BCUT2D eigenvalue weighted by molar-refractivity contribution is -0.265. The average Bonchev–Trinajstić information content (AvgIpc) is 3.38. The number of rotatable bonds is 14. The number of allylic oxidation sites excluding steroid dienone is 6. The van der Waals surface area contributed by atoms with Gasteiger partial charge in [-0.2, -0.15) is 0 Å². The van der Waals surface area contributed by atoms with Gasteiger partial charge in [0.1, 0.15) is 30.1 Å². The van der Waals surface area contributed by atoms with Crippen LogP contribution in [0.2, 0.25) is 0 Å². The monoisotopic (exact) mass is 1100 g/mol. The highest BCUT2D eigenvalue weighted by atomic mass is 31.0. The summed E-state index contributed by atoms with van der Waals surface area (Å²) >= 11 is 0. The molecule has 77 heavy (non-hydrogen) atoms. The summed E-state index contributed by atoms with van der Waals surface area (Å²) in [6, 6.07) is -1.16. The van der Waals surface area contributed by atoms with E-state index in [1.54, 1.807) is 34.0 Å². The van der Waals surface area contributed by atoms with Crippen LogP contribution >= 0.6 is 9.47 Å². The van der Waals surface area contributed by atoms with Gasteiger partial charge in [0, 0.05) is 67.4 Å². The molecule has 17 heteroatoms. The van der Waals surface area contributed by atoms with Crippen molar-refractivity contribution in [2.75, 3.05) is 34.0 Å². The number of aliphatic hydroxyl groups excluding tert-OH is 2. The lowest BCUT2D eigenvalue weighted by atomic mass is 9.78. The van der Waals surface area contributed by atoms with Crippen LogP contribution in [0.25, 0.3) is 0 Å². The first-order valence-electron chi connectivity index (χ1n) is 28.4. The molecule has 16 atom stereocenters. The zero-order valence-corrected chi connectivity index (χ0v) is 50.0. The second-order valence-electron chi connectivity index (χ2n) is 24.2. The number of ether oxygens (including phenoxy) is 6. The fourth-order valence-electron chi connectivity index (χ4n) is 11.5. The molecule has 3 N–H and O–H groups in total. The summed E-state index contributed by atoms with van der Waals surface area (Å²) in [5.41, 5.74) is 0.271. The second-order valence-corrected chi connectivity index (χ2v) is 24.4. The number of hydrogen-bond donors (Lipinski definition) is 3. The first-order chi connectivity index (χ1) is 36.2. The predicted molar refractivity (Wildman–Crippen MR) is 298 cm³/mol. The van der Waals surface area contributed by atoms with E-state index in [4.69, 9.17) is 32.9 Å². The summed E-state index contributed by atoms with van der Waals surface area (Å²) in [7, 11) is 5.34. The Morgan fingerprint density at radius 3 is 2.23 bits per heavy atom. The zero-order chi connectivity index (χ0) is 57.4. The Kier molecular flexibility index (Phi) is 26.5. The summed E-state index contributed by atoms with van der Waals surface area (Å²) in [5, 5.41) is 33.1. The van der Waals surface area contributed by atoms with E-state index < -0.39 is 89.0 Å². The number of hydrogen-bond acceptors (Lipinski definition) is 15. The van der Waals surface area contributed by atoms with Crippen LogP contribution in [0, 0.1) is 35.5 Å². The maximum Gasteiger partial charge on any atom is 0.329 e. The van der Waals surface area contributed by atoms with Crippen LogP contribution in [0.3, 0.4) is 0 Å². The quantitative estimate of drug-likeness (QED) is 0.0642. The van der Waals surface area contributed by atoms with Crippen molar-refractivity contribution in [3.05, 3.63) is 47.6 Å².